The average Bonchev–Trinajstić information content (AvgIpc) is 2.17. The van der Waals surface area contributed by atoms with Crippen LogP contribution in [0, 0.1) is 0 Å². The van der Waals surface area contributed by atoms with Crippen LogP contribution in [0.3, 0.4) is 0 Å². The Bertz CT molecular complexity index is 428. The van der Waals surface area contributed by atoms with Crippen LogP contribution in [0.2, 0.25) is 0 Å². The Morgan fingerprint density at radius 3 is 2.40 bits per heavy atom. The average molecular weight is 231 g/mol. The first-order chi connectivity index (χ1) is 7.03. The van der Waals surface area contributed by atoms with Gasteiger partial charge in [0.05, 0.1) is 7.11 Å². The van der Waals surface area contributed by atoms with Gasteiger partial charge in [-0.2, -0.15) is 13.1 Å². The lowest BCUT2D eigenvalue weighted by Crippen LogP contribution is -2.33. The molecular formula is C8H9NO5S. The summed E-state index contributed by atoms with van der Waals surface area (Å²) < 4.78 is 32.5. The van der Waals surface area contributed by atoms with Crippen molar-refractivity contribution in [1.29, 1.82) is 0 Å². The van der Waals surface area contributed by atoms with E-state index in [2.05, 4.69) is 8.92 Å². The second-order valence-electron chi connectivity index (χ2n) is 2.44. The van der Waals surface area contributed by atoms with Crippen LogP contribution in [-0.4, -0.2) is 21.6 Å². The highest BCUT2D eigenvalue weighted by molar-refractivity contribution is 7.85. The van der Waals surface area contributed by atoms with Crippen LogP contribution in [0.5, 0.6) is 5.75 Å². The summed E-state index contributed by atoms with van der Waals surface area (Å²) in [5.41, 5.74) is 0. The molecule has 0 aliphatic rings. The summed E-state index contributed by atoms with van der Waals surface area (Å²) in [6.45, 7) is 0. The van der Waals surface area contributed by atoms with Crippen molar-refractivity contribution in [3.8, 4) is 5.75 Å². The highest BCUT2D eigenvalue weighted by Crippen LogP contribution is 2.10. The third kappa shape index (κ3) is 3.86. The van der Waals surface area contributed by atoms with E-state index >= 15 is 0 Å². The molecular weight excluding hydrogens is 222 g/mol. The minimum Gasteiger partial charge on any atom is -0.452 e. The van der Waals surface area contributed by atoms with E-state index in [1.807, 2.05) is 0 Å². The van der Waals surface area contributed by atoms with E-state index in [0.29, 0.717) is 0 Å². The van der Waals surface area contributed by atoms with Crippen LogP contribution in [0.4, 0.5) is 4.79 Å². The van der Waals surface area contributed by atoms with Crippen molar-refractivity contribution in [3.63, 3.8) is 0 Å². The lowest BCUT2D eigenvalue weighted by Gasteiger charge is -2.06. The van der Waals surface area contributed by atoms with Gasteiger partial charge in [-0.05, 0) is 12.1 Å². The van der Waals surface area contributed by atoms with Crippen molar-refractivity contribution < 1.29 is 22.1 Å². The molecule has 0 heterocycles. The van der Waals surface area contributed by atoms with Crippen molar-refractivity contribution in [2.45, 2.75) is 0 Å². The molecule has 0 spiro atoms. The van der Waals surface area contributed by atoms with Gasteiger partial charge < -0.3 is 8.92 Å². The van der Waals surface area contributed by atoms with Gasteiger partial charge in [0.25, 0.3) is 0 Å². The smallest absolute Gasteiger partial charge is 0.423 e. The second kappa shape index (κ2) is 4.65. The normalized spacial score (nSPS) is 10.5. The Balaban J connectivity index is 2.69. The maximum Gasteiger partial charge on any atom is 0.423 e. The monoisotopic (exact) mass is 231 g/mol. The van der Waals surface area contributed by atoms with Crippen LogP contribution in [0.25, 0.3) is 0 Å². The number of amides is 1. The first-order valence-electron chi connectivity index (χ1n) is 3.89. The van der Waals surface area contributed by atoms with Gasteiger partial charge >= 0.3 is 16.4 Å². The molecule has 7 heteroatoms. The Kier molecular flexibility index (Phi) is 3.51. The molecule has 1 aromatic carbocycles. The summed E-state index contributed by atoms with van der Waals surface area (Å²) in [6.07, 6.45) is -1.11. The van der Waals surface area contributed by atoms with Gasteiger partial charge in [-0.15, -0.1) is 0 Å². The van der Waals surface area contributed by atoms with Crippen LogP contribution < -0.4 is 8.91 Å². The number of nitrogens with one attached hydrogen (secondary N) is 1. The Hall–Kier alpha value is -1.76. The number of hydrogen-bond donors (Lipinski definition) is 1. The number of para-hydroxylation sites is 1. The topological polar surface area (TPSA) is 81.7 Å². The Morgan fingerprint density at radius 1 is 1.27 bits per heavy atom. The van der Waals surface area contributed by atoms with Gasteiger partial charge in [-0.1, -0.05) is 18.2 Å². The zero-order valence-corrected chi connectivity index (χ0v) is 8.65. The summed E-state index contributed by atoms with van der Waals surface area (Å²) >= 11 is 0. The highest BCUT2D eigenvalue weighted by atomic mass is 32.2. The predicted molar refractivity (Wildman–Crippen MR) is 51.5 cm³/mol. The number of methoxy groups -OCH3 is 1. The van der Waals surface area contributed by atoms with Crippen molar-refractivity contribution in [3.05, 3.63) is 30.3 Å². The molecule has 0 saturated heterocycles. The summed E-state index contributed by atoms with van der Waals surface area (Å²) in [7, 11) is -3.12. The van der Waals surface area contributed by atoms with E-state index in [0.717, 1.165) is 7.11 Å². The molecule has 1 N–H and O–H groups in total. The van der Waals surface area contributed by atoms with Gasteiger partial charge in [-0.3, -0.25) is 0 Å². The third-order valence-corrected chi connectivity index (χ3v) is 2.17. The fourth-order valence-electron chi connectivity index (χ4n) is 0.767. The number of ether oxygens (including phenoxy) is 1. The van der Waals surface area contributed by atoms with E-state index in [1.165, 1.54) is 12.1 Å². The first-order valence-corrected chi connectivity index (χ1v) is 5.29. The zero-order chi connectivity index (χ0) is 11.3. The van der Waals surface area contributed by atoms with Crippen molar-refractivity contribution in [2.24, 2.45) is 0 Å². The van der Waals surface area contributed by atoms with Gasteiger partial charge in [-0.25, -0.2) is 4.79 Å². The third-order valence-electron chi connectivity index (χ3n) is 1.34. The first kappa shape index (κ1) is 11.3. The van der Waals surface area contributed by atoms with E-state index in [-0.39, 0.29) is 5.75 Å². The minimum atomic E-state index is -4.17. The predicted octanol–water partition coefficient (Wildman–Crippen LogP) is 0.666. The molecule has 0 bridgehead atoms. The molecule has 0 radical (unpaired) electrons. The fraction of sp³-hybridized carbons (Fsp3) is 0.125. The van der Waals surface area contributed by atoms with Crippen LogP contribution in [0.1, 0.15) is 0 Å². The molecule has 82 valence electrons. The van der Waals surface area contributed by atoms with Gasteiger partial charge in [0.1, 0.15) is 5.75 Å². The Morgan fingerprint density at radius 2 is 1.87 bits per heavy atom. The van der Waals surface area contributed by atoms with Gasteiger partial charge in [0.2, 0.25) is 0 Å². The molecule has 0 atom stereocenters. The largest absolute Gasteiger partial charge is 0.452 e. The second-order valence-corrected chi connectivity index (χ2v) is 3.72. The van der Waals surface area contributed by atoms with Crippen LogP contribution in [0.15, 0.2) is 30.3 Å². The maximum absolute atomic E-state index is 11.1. The number of benzene rings is 1. The van der Waals surface area contributed by atoms with Gasteiger partial charge in [0, 0.05) is 0 Å². The summed E-state index contributed by atoms with van der Waals surface area (Å²) in [5, 5.41) is 0. The zero-order valence-electron chi connectivity index (χ0n) is 7.84. The molecule has 0 aromatic heterocycles. The highest BCUT2D eigenvalue weighted by Gasteiger charge is 2.16. The number of rotatable bonds is 3. The molecule has 0 aliphatic carbocycles. The lowest BCUT2D eigenvalue weighted by molar-refractivity contribution is 0.177. The molecule has 1 aromatic rings. The summed E-state index contributed by atoms with van der Waals surface area (Å²) in [6, 6.07) is 7.78. The van der Waals surface area contributed by atoms with Crippen LogP contribution >= 0.6 is 0 Å². The SMILES string of the molecule is COC(=O)NS(=O)(=O)Oc1ccccc1. The standard InChI is InChI=1S/C8H9NO5S/c1-13-8(10)9-15(11,12)14-7-5-3-2-4-6-7/h2-6H,1H3,(H,9,10). The molecule has 1 amide bonds. The number of carbonyl (C=O) groups is 1. The lowest BCUT2D eigenvalue weighted by atomic mass is 10.3. The van der Waals surface area contributed by atoms with E-state index in [4.69, 9.17) is 0 Å². The van der Waals surface area contributed by atoms with E-state index < -0.39 is 16.4 Å². The van der Waals surface area contributed by atoms with Crippen LogP contribution in [-0.2, 0) is 15.0 Å². The number of hydrogen-bond acceptors (Lipinski definition) is 5. The Labute approximate surface area is 87.1 Å². The molecule has 6 nitrogen and oxygen atoms in total. The molecule has 15 heavy (non-hydrogen) atoms. The van der Waals surface area contributed by atoms with Crippen molar-refractivity contribution in [2.75, 3.05) is 7.11 Å². The summed E-state index contributed by atoms with van der Waals surface area (Å²) in [4.78, 5) is 10.6. The molecule has 0 saturated carbocycles. The molecule has 0 fully saturated rings. The molecule has 0 aliphatic heterocycles. The molecule has 0 unspecified atom stereocenters. The van der Waals surface area contributed by atoms with Crippen molar-refractivity contribution >= 4 is 16.4 Å². The quantitative estimate of drug-likeness (QED) is 0.826. The van der Waals surface area contributed by atoms with Gasteiger partial charge in [0.15, 0.2) is 0 Å². The van der Waals surface area contributed by atoms with E-state index in [9.17, 15) is 13.2 Å². The summed E-state index contributed by atoms with van der Waals surface area (Å²) in [5.74, 6) is 0.105. The minimum absolute atomic E-state index is 0.105. The number of carbonyl (C=O) groups excluding carboxylic acids is 1. The fourth-order valence-corrected chi connectivity index (χ4v) is 1.46. The molecule has 1 rings (SSSR count). The van der Waals surface area contributed by atoms with E-state index in [1.54, 1.807) is 22.9 Å². The maximum atomic E-state index is 11.1. The van der Waals surface area contributed by atoms with Crippen molar-refractivity contribution in [1.82, 2.24) is 4.72 Å².